The molecule has 1 aromatic rings. The summed E-state index contributed by atoms with van der Waals surface area (Å²) in [6.45, 7) is 2.72. The molecule has 0 saturated carbocycles. The first-order valence-corrected chi connectivity index (χ1v) is 6.22. The van der Waals surface area contributed by atoms with Crippen LogP contribution in [0.15, 0.2) is 18.2 Å². The van der Waals surface area contributed by atoms with E-state index in [0.29, 0.717) is 24.2 Å². The van der Waals surface area contributed by atoms with Crippen molar-refractivity contribution in [3.8, 4) is 5.75 Å². The van der Waals surface area contributed by atoms with Crippen LogP contribution in [0.1, 0.15) is 15.9 Å². The number of methoxy groups -OCH3 is 2. The van der Waals surface area contributed by atoms with Gasteiger partial charge in [-0.2, -0.15) is 0 Å². The fraction of sp³-hybridized carbons (Fsp3) is 0.500. The zero-order valence-corrected chi connectivity index (χ0v) is 11.4. The topological polar surface area (TPSA) is 59.0 Å². The number of phenolic OH excluding ortho intramolecular Hbond substituents is 1. The average molecular weight is 265 g/mol. The lowest BCUT2D eigenvalue weighted by molar-refractivity contribution is -0.00461. The van der Waals surface area contributed by atoms with Crippen molar-refractivity contribution < 1.29 is 19.4 Å². The van der Waals surface area contributed by atoms with Gasteiger partial charge in [0.1, 0.15) is 18.0 Å². The van der Waals surface area contributed by atoms with Crippen LogP contribution >= 0.6 is 0 Å². The second kappa shape index (κ2) is 5.59. The van der Waals surface area contributed by atoms with Gasteiger partial charge in [0.2, 0.25) is 0 Å². The van der Waals surface area contributed by atoms with Crippen molar-refractivity contribution in [2.75, 3.05) is 27.3 Å². The minimum absolute atomic E-state index is 0.0438. The van der Waals surface area contributed by atoms with Crippen molar-refractivity contribution in [1.82, 2.24) is 4.90 Å². The highest BCUT2D eigenvalue weighted by atomic mass is 16.5. The van der Waals surface area contributed by atoms with Crippen LogP contribution < -0.4 is 0 Å². The highest BCUT2D eigenvalue weighted by Crippen LogP contribution is 2.25. The Hall–Kier alpha value is -1.59. The maximum Gasteiger partial charge on any atom is 0.257 e. The quantitative estimate of drug-likeness (QED) is 0.891. The lowest BCUT2D eigenvalue weighted by Gasteiger charge is -2.17. The van der Waals surface area contributed by atoms with Gasteiger partial charge in [-0.05, 0) is 18.6 Å². The number of benzene rings is 1. The SMILES string of the molecule is COC1CN(C(=O)c2cccc(C)c2O)CC1OC. The molecule has 1 amide bonds. The molecule has 1 aromatic carbocycles. The predicted molar refractivity (Wildman–Crippen MR) is 70.3 cm³/mol. The van der Waals surface area contributed by atoms with Crippen LogP contribution in [-0.2, 0) is 9.47 Å². The molecule has 1 aliphatic rings. The molecular formula is C14H19NO4. The smallest absolute Gasteiger partial charge is 0.257 e. The van der Waals surface area contributed by atoms with Crippen LogP contribution in [-0.4, -0.2) is 55.4 Å². The highest BCUT2D eigenvalue weighted by Gasteiger charge is 2.36. The largest absolute Gasteiger partial charge is 0.507 e. The summed E-state index contributed by atoms with van der Waals surface area (Å²) in [4.78, 5) is 14.0. The van der Waals surface area contributed by atoms with E-state index in [9.17, 15) is 9.90 Å². The number of carbonyl (C=O) groups excluding carboxylic acids is 1. The number of ether oxygens (including phenoxy) is 2. The Morgan fingerprint density at radius 3 is 2.37 bits per heavy atom. The molecule has 0 aliphatic carbocycles. The third-order valence-electron chi connectivity index (χ3n) is 3.58. The monoisotopic (exact) mass is 265 g/mol. The third-order valence-corrected chi connectivity index (χ3v) is 3.58. The van der Waals surface area contributed by atoms with Crippen LogP contribution in [0.3, 0.4) is 0 Å². The summed E-state index contributed by atoms with van der Waals surface area (Å²) >= 11 is 0. The maximum atomic E-state index is 12.4. The van der Waals surface area contributed by atoms with E-state index in [4.69, 9.17) is 9.47 Å². The van der Waals surface area contributed by atoms with Gasteiger partial charge in [0.05, 0.1) is 5.56 Å². The van der Waals surface area contributed by atoms with Gasteiger partial charge in [0, 0.05) is 27.3 Å². The van der Waals surface area contributed by atoms with E-state index < -0.39 is 0 Å². The number of phenols is 1. The number of nitrogens with zero attached hydrogens (tertiary/aromatic N) is 1. The standard InChI is InChI=1S/C14H19NO4/c1-9-5-4-6-10(13(9)16)14(17)15-7-11(18-2)12(8-15)19-3/h4-6,11-12,16H,7-8H2,1-3H3. The molecule has 1 fully saturated rings. The van der Waals surface area contributed by atoms with Crippen molar-refractivity contribution in [1.29, 1.82) is 0 Å². The van der Waals surface area contributed by atoms with Gasteiger partial charge < -0.3 is 19.5 Å². The number of amides is 1. The summed E-state index contributed by atoms with van der Waals surface area (Å²) in [5, 5.41) is 9.96. The molecule has 1 heterocycles. The van der Waals surface area contributed by atoms with Gasteiger partial charge in [-0.3, -0.25) is 4.79 Å². The number of aromatic hydroxyl groups is 1. The van der Waals surface area contributed by atoms with Gasteiger partial charge >= 0.3 is 0 Å². The molecule has 5 heteroatoms. The van der Waals surface area contributed by atoms with E-state index in [1.807, 2.05) is 0 Å². The molecule has 0 radical (unpaired) electrons. The highest BCUT2D eigenvalue weighted by molar-refractivity contribution is 5.97. The van der Waals surface area contributed by atoms with Crippen LogP contribution in [0, 0.1) is 6.92 Å². The third kappa shape index (κ3) is 2.57. The van der Waals surface area contributed by atoms with Gasteiger partial charge in [-0.25, -0.2) is 0 Å². The number of hydrogen-bond acceptors (Lipinski definition) is 4. The van der Waals surface area contributed by atoms with Crippen molar-refractivity contribution in [2.45, 2.75) is 19.1 Å². The maximum absolute atomic E-state index is 12.4. The molecule has 5 nitrogen and oxygen atoms in total. The Labute approximate surface area is 112 Å². The molecule has 19 heavy (non-hydrogen) atoms. The Balaban J connectivity index is 2.19. The van der Waals surface area contributed by atoms with Crippen LogP contribution in [0.2, 0.25) is 0 Å². The van der Waals surface area contributed by atoms with Crippen molar-refractivity contribution >= 4 is 5.91 Å². The first kappa shape index (κ1) is 13.8. The number of hydrogen-bond donors (Lipinski definition) is 1. The molecule has 1 saturated heterocycles. The first-order valence-electron chi connectivity index (χ1n) is 6.22. The van der Waals surface area contributed by atoms with E-state index in [-0.39, 0.29) is 23.9 Å². The molecule has 0 bridgehead atoms. The second-order valence-corrected chi connectivity index (χ2v) is 4.73. The summed E-state index contributed by atoms with van der Waals surface area (Å²) < 4.78 is 10.6. The van der Waals surface area contributed by atoms with Gasteiger partial charge in [0.15, 0.2) is 0 Å². The first-order chi connectivity index (χ1) is 9.08. The van der Waals surface area contributed by atoms with Gasteiger partial charge in [-0.15, -0.1) is 0 Å². The normalized spacial score (nSPS) is 22.8. The summed E-state index contributed by atoms with van der Waals surface area (Å²) in [5.41, 5.74) is 1.02. The fourth-order valence-electron chi connectivity index (χ4n) is 2.36. The Morgan fingerprint density at radius 2 is 1.84 bits per heavy atom. The van der Waals surface area contributed by atoms with Crippen molar-refractivity contribution in [3.05, 3.63) is 29.3 Å². The number of para-hydroxylation sites is 1. The Kier molecular flexibility index (Phi) is 4.07. The average Bonchev–Trinajstić information content (AvgIpc) is 2.84. The fourth-order valence-corrected chi connectivity index (χ4v) is 2.36. The van der Waals surface area contributed by atoms with Crippen molar-refractivity contribution in [3.63, 3.8) is 0 Å². The zero-order valence-electron chi connectivity index (χ0n) is 11.4. The molecular weight excluding hydrogens is 246 g/mol. The number of carbonyl (C=O) groups is 1. The van der Waals surface area contributed by atoms with Crippen LogP contribution in [0.4, 0.5) is 0 Å². The summed E-state index contributed by atoms with van der Waals surface area (Å²) in [6.07, 6.45) is -0.248. The number of aryl methyl sites for hydroxylation is 1. The minimum atomic E-state index is -0.192. The van der Waals surface area contributed by atoms with Gasteiger partial charge in [0.25, 0.3) is 5.91 Å². The van der Waals surface area contributed by atoms with E-state index >= 15 is 0 Å². The Morgan fingerprint density at radius 1 is 1.26 bits per heavy atom. The van der Waals surface area contributed by atoms with E-state index in [2.05, 4.69) is 0 Å². The van der Waals surface area contributed by atoms with Crippen molar-refractivity contribution in [2.24, 2.45) is 0 Å². The van der Waals surface area contributed by atoms with Crippen LogP contribution in [0.25, 0.3) is 0 Å². The molecule has 2 rings (SSSR count). The molecule has 0 spiro atoms. The molecule has 104 valence electrons. The molecule has 0 aromatic heterocycles. The van der Waals surface area contributed by atoms with Gasteiger partial charge in [-0.1, -0.05) is 12.1 Å². The molecule has 2 atom stereocenters. The lowest BCUT2D eigenvalue weighted by atomic mass is 10.1. The lowest BCUT2D eigenvalue weighted by Crippen LogP contribution is -2.30. The van der Waals surface area contributed by atoms with E-state index in [1.54, 1.807) is 44.2 Å². The van der Waals surface area contributed by atoms with E-state index in [0.717, 1.165) is 0 Å². The minimum Gasteiger partial charge on any atom is -0.507 e. The van der Waals surface area contributed by atoms with Crippen LogP contribution in [0.5, 0.6) is 5.75 Å². The molecule has 1 N–H and O–H groups in total. The van der Waals surface area contributed by atoms with E-state index in [1.165, 1.54) is 0 Å². The summed E-state index contributed by atoms with van der Waals surface area (Å²) in [5.74, 6) is -0.148. The number of rotatable bonds is 3. The summed E-state index contributed by atoms with van der Waals surface area (Å²) in [7, 11) is 3.21. The number of likely N-dealkylation sites (tertiary alicyclic amines) is 1. The molecule has 2 unspecified atom stereocenters. The summed E-state index contributed by atoms with van der Waals surface area (Å²) in [6, 6.07) is 5.17. The Bertz CT molecular complexity index is 463. The second-order valence-electron chi connectivity index (χ2n) is 4.73. The zero-order chi connectivity index (χ0) is 14.0. The predicted octanol–water partition coefficient (Wildman–Crippen LogP) is 1.19. The molecule has 1 aliphatic heterocycles.